The largest absolute Gasteiger partial charge is 0.385 e. The van der Waals surface area contributed by atoms with E-state index < -0.39 is 11.9 Å². The first-order valence-corrected chi connectivity index (χ1v) is 6.02. The molecule has 2 atom stereocenters. The third-order valence-corrected chi connectivity index (χ3v) is 3.19. The van der Waals surface area contributed by atoms with E-state index in [4.69, 9.17) is 5.73 Å². The predicted octanol–water partition coefficient (Wildman–Crippen LogP) is 0.576. The molecule has 0 saturated carbocycles. The summed E-state index contributed by atoms with van der Waals surface area (Å²) >= 11 is 0. The third kappa shape index (κ3) is 2.45. The lowest BCUT2D eigenvalue weighted by atomic mass is 9.90. The van der Waals surface area contributed by atoms with Gasteiger partial charge in [0.2, 0.25) is 11.8 Å². The first-order chi connectivity index (χ1) is 8.59. The van der Waals surface area contributed by atoms with Crippen LogP contribution < -0.4 is 16.4 Å². The normalized spacial score (nSPS) is 19.3. The van der Waals surface area contributed by atoms with Crippen molar-refractivity contribution in [2.45, 2.75) is 25.3 Å². The van der Waals surface area contributed by atoms with Crippen molar-refractivity contribution < 1.29 is 9.59 Å². The van der Waals surface area contributed by atoms with Gasteiger partial charge in [0.05, 0.1) is 5.92 Å². The van der Waals surface area contributed by atoms with Crippen LogP contribution in [0.3, 0.4) is 0 Å². The highest BCUT2D eigenvalue weighted by molar-refractivity contribution is 5.91. The highest BCUT2D eigenvalue weighted by Crippen LogP contribution is 2.31. The third-order valence-electron chi connectivity index (χ3n) is 3.19. The molecule has 5 heteroatoms. The summed E-state index contributed by atoms with van der Waals surface area (Å²) < 4.78 is 0. The fraction of sp³-hybridized carbons (Fsp3) is 0.385. The number of nitrogens with two attached hydrogens (primary N) is 1. The van der Waals surface area contributed by atoms with E-state index >= 15 is 0 Å². The second kappa shape index (κ2) is 5.08. The van der Waals surface area contributed by atoms with E-state index in [1.54, 1.807) is 6.92 Å². The molecule has 5 nitrogen and oxygen atoms in total. The molecule has 2 unspecified atom stereocenters. The molecule has 0 radical (unpaired) electrons. The van der Waals surface area contributed by atoms with Crippen LogP contribution in [0.15, 0.2) is 24.3 Å². The zero-order valence-corrected chi connectivity index (χ0v) is 10.3. The van der Waals surface area contributed by atoms with Gasteiger partial charge >= 0.3 is 0 Å². The van der Waals surface area contributed by atoms with E-state index in [0.29, 0.717) is 6.42 Å². The number of nitrogens with one attached hydrogen (secondary N) is 2. The van der Waals surface area contributed by atoms with Gasteiger partial charge in [-0.25, -0.2) is 0 Å². The van der Waals surface area contributed by atoms with Crippen LogP contribution >= 0.6 is 0 Å². The van der Waals surface area contributed by atoms with Crippen LogP contribution in [0.25, 0.3) is 0 Å². The van der Waals surface area contributed by atoms with Gasteiger partial charge in [0, 0.05) is 12.2 Å². The topological polar surface area (TPSA) is 84.2 Å². The zero-order chi connectivity index (χ0) is 13.1. The molecular weight excluding hydrogens is 230 g/mol. The number of anilines is 1. The van der Waals surface area contributed by atoms with Crippen LogP contribution in [0.2, 0.25) is 0 Å². The first kappa shape index (κ1) is 12.4. The van der Waals surface area contributed by atoms with Gasteiger partial charge in [-0.05, 0) is 25.0 Å². The molecule has 0 bridgehead atoms. The molecule has 1 heterocycles. The lowest BCUT2D eigenvalue weighted by Crippen LogP contribution is -2.44. The molecule has 0 saturated heterocycles. The van der Waals surface area contributed by atoms with Crippen molar-refractivity contribution in [1.82, 2.24) is 5.32 Å². The molecule has 0 fully saturated rings. The lowest BCUT2D eigenvalue weighted by molar-refractivity contribution is -0.128. The van der Waals surface area contributed by atoms with Gasteiger partial charge in [-0.15, -0.1) is 0 Å². The van der Waals surface area contributed by atoms with E-state index in [2.05, 4.69) is 10.6 Å². The molecule has 4 N–H and O–H groups in total. The first-order valence-electron chi connectivity index (χ1n) is 6.02. The van der Waals surface area contributed by atoms with Gasteiger partial charge in [0.15, 0.2) is 0 Å². The Morgan fingerprint density at radius 1 is 1.44 bits per heavy atom. The van der Waals surface area contributed by atoms with Gasteiger partial charge in [-0.1, -0.05) is 18.2 Å². The van der Waals surface area contributed by atoms with E-state index in [1.165, 1.54) is 0 Å². The molecule has 1 aromatic rings. The van der Waals surface area contributed by atoms with Crippen LogP contribution in [0, 0.1) is 0 Å². The minimum atomic E-state index is -0.639. The van der Waals surface area contributed by atoms with Crippen LogP contribution in [-0.2, 0) is 9.59 Å². The molecule has 1 aromatic carbocycles. The van der Waals surface area contributed by atoms with Gasteiger partial charge < -0.3 is 16.4 Å². The predicted molar refractivity (Wildman–Crippen MR) is 69.1 cm³/mol. The van der Waals surface area contributed by atoms with E-state index in [-0.39, 0.29) is 11.8 Å². The van der Waals surface area contributed by atoms with Crippen molar-refractivity contribution in [3.8, 4) is 0 Å². The summed E-state index contributed by atoms with van der Waals surface area (Å²) in [5.41, 5.74) is 7.09. The highest BCUT2D eigenvalue weighted by atomic mass is 16.2. The van der Waals surface area contributed by atoms with Crippen LogP contribution in [0.1, 0.15) is 24.8 Å². The molecule has 18 heavy (non-hydrogen) atoms. The fourth-order valence-electron chi connectivity index (χ4n) is 2.13. The number of hydrogen-bond acceptors (Lipinski definition) is 3. The van der Waals surface area contributed by atoms with Gasteiger partial charge in [0.25, 0.3) is 0 Å². The standard InChI is InChI=1S/C13H17N3O2/c1-8(12(14)17)16-13(18)10-6-7-15-11-5-3-2-4-9(10)11/h2-5,8,10,15H,6-7H2,1H3,(H2,14,17)(H,16,18). The minimum absolute atomic E-state index is 0.143. The molecule has 2 rings (SSSR count). The van der Waals surface area contributed by atoms with Crippen molar-refractivity contribution in [2.75, 3.05) is 11.9 Å². The number of primary amides is 1. The molecule has 1 aliphatic heterocycles. The Morgan fingerprint density at radius 2 is 2.17 bits per heavy atom. The van der Waals surface area contributed by atoms with Gasteiger partial charge in [-0.2, -0.15) is 0 Å². The smallest absolute Gasteiger partial charge is 0.239 e. The van der Waals surface area contributed by atoms with E-state index in [1.807, 2.05) is 24.3 Å². The van der Waals surface area contributed by atoms with Crippen molar-refractivity contribution in [2.24, 2.45) is 5.73 Å². The molecule has 96 valence electrons. The van der Waals surface area contributed by atoms with Gasteiger partial charge in [-0.3, -0.25) is 9.59 Å². The number of fused-ring (bicyclic) bond motifs is 1. The van der Waals surface area contributed by atoms with Crippen LogP contribution in [-0.4, -0.2) is 24.4 Å². The Kier molecular flexibility index (Phi) is 3.50. The van der Waals surface area contributed by atoms with Crippen molar-refractivity contribution >= 4 is 17.5 Å². The molecular formula is C13H17N3O2. The van der Waals surface area contributed by atoms with Crippen LogP contribution in [0.4, 0.5) is 5.69 Å². The lowest BCUT2D eigenvalue weighted by Gasteiger charge is -2.26. The number of rotatable bonds is 3. The van der Waals surface area contributed by atoms with Gasteiger partial charge in [0.1, 0.15) is 6.04 Å². The quantitative estimate of drug-likeness (QED) is 0.730. The maximum atomic E-state index is 12.1. The Labute approximate surface area is 106 Å². The molecule has 2 amide bonds. The summed E-state index contributed by atoms with van der Waals surface area (Å²) in [6.45, 7) is 2.34. The second-order valence-electron chi connectivity index (χ2n) is 4.49. The zero-order valence-electron chi connectivity index (χ0n) is 10.3. The minimum Gasteiger partial charge on any atom is -0.385 e. The SMILES string of the molecule is CC(NC(=O)C1CCNc2ccccc21)C(N)=O. The van der Waals surface area contributed by atoms with Crippen molar-refractivity contribution in [1.29, 1.82) is 0 Å². The Bertz CT molecular complexity index is 473. The Morgan fingerprint density at radius 3 is 2.89 bits per heavy atom. The summed E-state index contributed by atoms with van der Waals surface area (Å²) in [5.74, 6) is -0.884. The number of amides is 2. The van der Waals surface area contributed by atoms with Crippen molar-refractivity contribution in [3.05, 3.63) is 29.8 Å². The number of carbonyl (C=O) groups excluding carboxylic acids is 2. The van der Waals surface area contributed by atoms with Crippen LogP contribution in [0.5, 0.6) is 0 Å². The number of para-hydroxylation sites is 1. The highest BCUT2D eigenvalue weighted by Gasteiger charge is 2.27. The Balaban J connectivity index is 2.15. The molecule has 0 spiro atoms. The molecule has 0 aliphatic carbocycles. The summed E-state index contributed by atoms with van der Waals surface area (Å²) in [7, 11) is 0. The fourth-order valence-corrected chi connectivity index (χ4v) is 2.13. The maximum Gasteiger partial charge on any atom is 0.239 e. The molecule has 0 aromatic heterocycles. The number of benzene rings is 1. The summed E-state index contributed by atoms with van der Waals surface area (Å²) in [5, 5.41) is 5.90. The molecule has 1 aliphatic rings. The second-order valence-corrected chi connectivity index (χ2v) is 4.49. The summed E-state index contributed by atoms with van der Waals surface area (Å²) in [6, 6.07) is 7.08. The maximum absolute atomic E-state index is 12.1. The average molecular weight is 247 g/mol. The number of carbonyl (C=O) groups is 2. The summed E-state index contributed by atoms with van der Waals surface area (Å²) in [4.78, 5) is 23.1. The van der Waals surface area contributed by atoms with E-state index in [9.17, 15) is 9.59 Å². The van der Waals surface area contributed by atoms with Crippen molar-refractivity contribution in [3.63, 3.8) is 0 Å². The average Bonchev–Trinajstić information content (AvgIpc) is 2.37. The monoisotopic (exact) mass is 247 g/mol. The van der Waals surface area contributed by atoms with E-state index in [0.717, 1.165) is 17.8 Å². The summed E-state index contributed by atoms with van der Waals surface area (Å²) in [6.07, 6.45) is 0.717. The Hall–Kier alpha value is -2.04. The number of hydrogen-bond donors (Lipinski definition) is 3.